The molecule has 0 bridgehead atoms. The second-order valence-corrected chi connectivity index (χ2v) is 6.24. The molecule has 0 N–H and O–H groups in total. The minimum Gasteiger partial charge on any atom is -0.351 e. The molecule has 5 nitrogen and oxygen atoms in total. The van der Waals surface area contributed by atoms with E-state index < -0.39 is 0 Å². The first-order valence-electron chi connectivity index (χ1n) is 8.10. The smallest absolute Gasteiger partial charge is 0.292 e. The normalized spacial score (nSPS) is 16.4. The highest BCUT2D eigenvalue weighted by Gasteiger charge is 2.27. The van der Waals surface area contributed by atoms with Gasteiger partial charge in [0.05, 0.1) is 5.69 Å². The van der Waals surface area contributed by atoms with Crippen LogP contribution in [0.3, 0.4) is 0 Å². The van der Waals surface area contributed by atoms with Crippen LogP contribution in [-0.2, 0) is 6.54 Å². The Morgan fingerprint density at radius 3 is 2.61 bits per heavy atom. The van der Waals surface area contributed by atoms with E-state index >= 15 is 0 Å². The predicted octanol–water partition coefficient (Wildman–Crippen LogP) is 2.72. The van der Waals surface area contributed by atoms with Gasteiger partial charge in [0.15, 0.2) is 0 Å². The van der Waals surface area contributed by atoms with Gasteiger partial charge in [0.2, 0.25) is 5.76 Å². The van der Waals surface area contributed by atoms with E-state index in [0.717, 1.165) is 38.2 Å². The van der Waals surface area contributed by atoms with Crippen LogP contribution in [0.25, 0.3) is 0 Å². The van der Waals surface area contributed by atoms with Gasteiger partial charge >= 0.3 is 0 Å². The maximum absolute atomic E-state index is 12.4. The van der Waals surface area contributed by atoms with Gasteiger partial charge in [-0.2, -0.15) is 0 Å². The first kappa shape index (κ1) is 15.7. The average Bonchev–Trinajstić information content (AvgIpc) is 3.02. The molecule has 2 aromatic rings. The third-order valence-corrected chi connectivity index (χ3v) is 4.51. The number of benzene rings is 1. The Kier molecular flexibility index (Phi) is 4.76. The van der Waals surface area contributed by atoms with Crippen molar-refractivity contribution >= 4 is 5.91 Å². The van der Waals surface area contributed by atoms with E-state index in [4.69, 9.17) is 4.52 Å². The second-order valence-electron chi connectivity index (χ2n) is 6.24. The van der Waals surface area contributed by atoms with Crippen molar-refractivity contribution < 1.29 is 9.32 Å². The van der Waals surface area contributed by atoms with Crippen molar-refractivity contribution in [1.29, 1.82) is 0 Å². The molecular formula is C18H23N3O2. The van der Waals surface area contributed by atoms with Gasteiger partial charge in [-0.15, -0.1) is 0 Å². The maximum Gasteiger partial charge on any atom is 0.292 e. The van der Waals surface area contributed by atoms with Crippen molar-refractivity contribution in [3.05, 3.63) is 53.4 Å². The quantitative estimate of drug-likeness (QED) is 0.871. The summed E-state index contributed by atoms with van der Waals surface area (Å²) < 4.78 is 5.09. The van der Waals surface area contributed by atoms with E-state index in [9.17, 15) is 4.79 Å². The summed E-state index contributed by atoms with van der Waals surface area (Å²) in [5.74, 6) is 0.254. The summed E-state index contributed by atoms with van der Waals surface area (Å²) in [6, 6.07) is 12.5. The van der Waals surface area contributed by atoms with Gasteiger partial charge in [-0.25, -0.2) is 0 Å². The van der Waals surface area contributed by atoms with Crippen molar-refractivity contribution in [3.63, 3.8) is 0 Å². The molecule has 23 heavy (non-hydrogen) atoms. The molecule has 1 amide bonds. The minimum absolute atomic E-state index is 0.0768. The SMILES string of the molecule is Cc1cc(C(=O)N(C)C2CCN(Cc3ccccc3)CC2)on1. The van der Waals surface area contributed by atoms with Crippen LogP contribution < -0.4 is 0 Å². The molecule has 1 aliphatic heterocycles. The van der Waals surface area contributed by atoms with Crippen LogP contribution >= 0.6 is 0 Å². The number of carbonyl (C=O) groups excluding carboxylic acids is 1. The van der Waals surface area contributed by atoms with Crippen LogP contribution in [-0.4, -0.2) is 47.0 Å². The average molecular weight is 313 g/mol. The van der Waals surface area contributed by atoms with Crippen LogP contribution in [0.2, 0.25) is 0 Å². The first-order chi connectivity index (χ1) is 11.1. The summed E-state index contributed by atoms with van der Waals surface area (Å²) in [4.78, 5) is 16.7. The van der Waals surface area contributed by atoms with Crippen LogP contribution in [0.4, 0.5) is 0 Å². The maximum atomic E-state index is 12.4. The zero-order valence-corrected chi connectivity index (χ0v) is 13.7. The number of piperidine rings is 1. The molecule has 1 aromatic carbocycles. The molecule has 1 saturated heterocycles. The molecule has 0 unspecified atom stereocenters. The standard InChI is InChI=1S/C18H23N3O2/c1-14-12-17(23-19-14)18(22)20(2)16-8-10-21(11-9-16)13-15-6-4-3-5-7-15/h3-7,12,16H,8-11,13H2,1-2H3. The summed E-state index contributed by atoms with van der Waals surface area (Å²) in [5.41, 5.74) is 2.08. The zero-order chi connectivity index (χ0) is 16.2. The largest absolute Gasteiger partial charge is 0.351 e. The lowest BCUT2D eigenvalue weighted by Gasteiger charge is -2.36. The molecule has 0 saturated carbocycles. The monoisotopic (exact) mass is 313 g/mol. The van der Waals surface area contributed by atoms with E-state index in [1.165, 1.54) is 5.56 Å². The molecule has 0 aliphatic carbocycles. The highest BCUT2D eigenvalue weighted by Crippen LogP contribution is 2.19. The first-order valence-corrected chi connectivity index (χ1v) is 8.10. The lowest BCUT2D eigenvalue weighted by molar-refractivity contribution is 0.0597. The number of likely N-dealkylation sites (tertiary alicyclic amines) is 1. The van der Waals surface area contributed by atoms with Crippen molar-refractivity contribution in [2.75, 3.05) is 20.1 Å². The van der Waals surface area contributed by atoms with Gasteiger partial charge in [-0.1, -0.05) is 35.5 Å². The van der Waals surface area contributed by atoms with Gasteiger partial charge in [0, 0.05) is 38.8 Å². The summed E-state index contributed by atoms with van der Waals surface area (Å²) in [6.07, 6.45) is 1.98. The van der Waals surface area contributed by atoms with E-state index in [0.29, 0.717) is 5.76 Å². The lowest BCUT2D eigenvalue weighted by Crippen LogP contribution is -2.45. The minimum atomic E-state index is -0.0768. The molecule has 1 aromatic heterocycles. The van der Waals surface area contributed by atoms with E-state index in [-0.39, 0.29) is 11.9 Å². The number of hydrogen-bond acceptors (Lipinski definition) is 4. The van der Waals surface area contributed by atoms with E-state index in [1.807, 2.05) is 20.0 Å². The molecule has 3 rings (SSSR count). The number of rotatable bonds is 4. The van der Waals surface area contributed by atoms with Gasteiger partial charge in [0.1, 0.15) is 0 Å². The molecule has 1 aliphatic rings. The van der Waals surface area contributed by atoms with Gasteiger partial charge in [-0.05, 0) is 25.3 Å². The number of amides is 1. The van der Waals surface area contributed by atoms with Crippen LogP contribution in [0.1, 0.15) is 34.7 Å². The van der Waals surface area contributed by atoms with E-state index in [1.54, 1.807) is 11.0 Å². The lowest BCUT2D eigenvalue weighted by atomic mass is 10.0. The van der Waals surface area contributed by atoms with Crippen LogP contribution in [0.5, 0.6) is 0 Å². The van der Waals surface area contributed by atoms with Crippen molar-refractivity contribution in [1.82, 2.24) is 15.0 Å². The van der Waals surface area contributed by atoms with Gasteiger partial charge in [-0.3, -0.25) is 9.69 Å². The summed E-state index contributed by atoms with van der Waals surface area (Å²) in [7, 11) is 1.86. The topological polar surface area (TPSA) is 49.6 Å². The van der Waals surface area contributed by atoms with Crippen molar-refractivity contribution in [2.45, 2.75) is 32.4 Å². The molecule has 0 atom stereocenters. The molecule has 122 valence electrons. The molecule has 5 heteroatoms. The summed E-state index contributed by atoms with van der Waals surface area (Å²) >= 11 is 0. The summed E-state index contributed by atoms with van der Waals surface area (Å²) in [6.45, 7) is 4.81. The third kappa shape index (κ3) is 3.79. The molecule has 1 fully saturated rings. The van der Waals surface area contributed by atoms with Crippen molar-refractivity contribution in [2.24, 2.45) is 0 Å². The fourth-order valence-corrected chi connectivity index (χ4v) is 3.11. The number of carbonyl (C=O) groups is 1. The van der Waals surface area contributed by atoms with E-state index in [2.05, 4.69) is 34.3 Å². The highest BCUT2D eigenvalue weighted by molar-refractivity contribution is 5.91. The summed E-state index contributed by atoms with van der Waals surface area (Å²) in [5, 5.41) is 3.79. The molecular weight excluding hydrogens is 290 g/mol. The second kappa shape index (κ2) is 6.96. The fraction of sp³-hybridized carbons (Fsp3) is 0.444. The third-order valence-electron chi connectivity index (χ3n) is 4.51. The molecule has 2 heterocycles. The van der Waals surface area contributed by atoms with Crippen LogP contribution in [0.15, 0.2) is 40.9 Å². The Morgan fingerprint density at radius 1 is 1.30 bits per heavy atom. The number of nitrogens with zero attached hydrogens (tertiary/aromatic N) is 3. The fourth-order valence-electron chi connectivity index (χ4n) is 3.11. The Morgan fingerprint density at radius 2 is 2.00 bits per heavy atom. The Hall–Kier alpha value is -2.14. The Balaban J connectivity index is 1.53. The number of hydrogen-bond donors (Lipinski definition) is 0. The number of aryl methyl sites for hydroxylation is 1. The molecule has 0 spiro atoms. The highest BCUT2D eigenvalue weighted by atomic mass is 16.5. The predicted molar refractivity (Wildman–Crippen MR) is 88.1 cm³/mol. The molecule has 0 radical (unpaired) electrons. The number of aromatic nitrogens is 1. The Bertz CT molecular complexity index is 645. The van der Waals surface area contributed by atoms with Crippen molar-refractivity contribution in [3.8, 4) is 0 Å². The van der Waals surface area contributed by atoms with Gasteiger partial charge in [0.25, 0.3) is 5.91 Å². The van der Waals surface area contributed by atoms with Gasteiger partial charge < -0.3 is 9.42 Å². The zero-order valence-electron chi connectivity index (χ0n) is 13.7. The van der Waals surface area contributed by atoms with Crippen LogP contribution in [0, 0.1) is 6.92 Å². The Labute approximate surface area is 136 Å².